The lowest BCUT2D eigenvalue weighted by Gasteiger charge is -2.14. The Labute approximate surface area is 155 Å². The van der Waals surface area contributed by atoms with Gasteiger partial charge in [-0.25, -0.2) is 4.98 Å². The fraction of sp³-hybridized carbons (Fsp3) is 0.238. The molecule has 0 unspecified atom stereocenters. The molecule has 26 heavy (non-hydrogen) atoms. The van der Waals surface area contributed by atoms with E-state index in [9.17, 15) is 0 Å². The normalized spacial score (nSPS) is 10.4. The number of anilines is 4. The summed E-state index contributed by atoms with van der Waals surface area (Å²) in [4.78, 5) is 11.3. The van der Waals surface area contributed by atoms with E-state index in [1.807, 2.05) is 38.4 Å². The summed E-state index contributed by atoms with van der Waals surface area (Å²) in [5.41, 5.74) is 4.12. The molecule has 0 atom stereocenters. The van der Waals surface area contributed by atoms with Gasteiger partial charge in [0, 0.05) is 43.6 Å². The number of aromatic nitrogens is 2. The van der Waals surface area contributed by atoms with Gasteiger partial charge in [0.1, 0.15) is 5.82 Å². The summed E-state index contributed by atoms with van der Waals surface area (Å²) in [6, 6.07) is 20.4. The molecule has 0 aliphatic heterocycles. The lowest BCUT2D eigenvalue weighted by Crippen LogP contribution is -2.08. The van der Waals surface area contributed by atoms with Crippen molar-refractivity contribution in [3.8, 4) is 11.3 Å². The van der Waals surface area contributed by atoms with Gasteiger partial charge in [-0.1, -0.05) is 37.3 Å². The van der Waals surface area contributed by atoms with Crippen molar-refractivity contribution in [1.82, 2.24) is 9.97 Å². The van der Waals surface area contributed by atoms with E-state index in [1.165, 1.54) is 0 Å². The first-order chi connectivity index (χ1) is 12.7. The molecule has 0 fully saturated rings. The number of hydrogen-bond donors (Lipinski definition) is 2. The third-order valence-electron chi connectivity index (χ3n) is 3.98. The van der Waals surface area contributed by atoms with Gasteiger partial charge in [-0.2, -0.15) is 4.98 Å². The van der Waals surface area contributed by atoms with E-state index in [0.717, 1.165) is 41.4 Å². The van der Waals surface area contributed by atoms with E-state index in [0.29, 0.717) is 5.95 Å². The van der Waals surface area contributed by atoms with Crippen LogP contribution in [0.1, 0.15) is 13.3 Å². The maximum atomic E-state index is 4.65. The van der Waals surface area contributed by atoms with E-state index < -0.39 is 0 Å². The van der Waals surface area contributed by atoms with Crippen LogP contribution in [0, 0.1) is 0 Å². The third-order valence-corrected chi connectivity index (χ3v) is 3.98. The minimum absolute atomic E-state index is 0.639. The summed E-state index contributed by atoms with van der Waals surface area (Å²) < 4.78 is 0. The quantitative estimate of drug-likeness (QED) is 0.644. The Hall–Kier alpha value is -3.08. The van der Waals surface area contributed by atoms with Gasteiger partial charge < -0.3 is 15.5 Å². The van der Waals surface area contributed by atoms with Crippen LogP contribution < -0.4 is 15.5 Å². The average molecular weight is 347 g/mol. The number of nitrogens with zero attached hydrogens (tertiary/aromatic N) is 3. The van der Waals surface area contributed by atoms with Gasteiger partial charge in [-0.15, -0.1) is 0 Å². The van der Waals surface area contributed by atoms with Crippen molar-refractivity contribution in [1.29, 1.82) is 0 Å². The first-order valence-electron chi connectivity index (χ1n) is 8.88. The lowest BCUT2D eigenvalue weighted by atomic mass is 10.1. The van der Waals surface area contributed by atoms with Gasteiger partial charge >= 0.3 is 0 Å². The Morgan fingerprint density at radius 2 is 1.65 bits per heavy atom. The van der Waals surface area contributed by atoms with E-state index in [2.05, 4.69) is 68.8 Å². The Morgan fingerprint density at radius 1 is 0.923 bits per heavy atom. The molecule has 0 radical (unpaired) electrons. The van der Waals surface area contributed by atoms with Crippen LogP contribution in [0.15, 0.2) is 60.7 Å². The molecule has 0 aliphatic rings. The summed E-state index contributed by atoms with van der Waals surface area (Å²) in [5, 5.41) is 6.67. The predicted molar refractivity (Wildman–Crippen MR) is 110 cm³/mol. The van der Waals surface area contributed by atoms with Crippen LogP contribution >= 0.6 is 0 Å². The zero-order chi connectivity index (χ0) is 18.4. The van der Waals surface area contributed by atoms with Crippen molar-refractivity contribution in [3.63, 3.8) is 0 Å². The molecule has 0 aliphatic carbocycles. The minimum Gasteiger partial charge on any atom is -0.378 e. The molecule has 1 aromatic heterocycles. The summed E-state index contributed by atoms with van der Waals surface area (Å²) in [6.45, 7) is 2.97. The molecule has 3 aromatic rings. The average Bonchev–Trinajstić information content (AvgIpc) is 2.67. The molecule has 3 rings (SSSR count). The van der Waals surface area contributed by atoms with Gasteiger partial charge in [-0.05, 0) is 30.7 Å². The highest BCUT2D eigenvalue weighted by Gasteiger charge is 2.07. The monoisotopic (exact) mass is 347 g/mol. The molecule has 2 N–H and O–H groups in total. The molecule has 2 aromatic carbocycles. The smallest absolute Gasteiger partial charge is 0.225 e. The fourth-order valence-electron chi connectivity index (χ4n) is 2.57. The highest BCUT2D eigenvalue weighted by molar-refractivity contribution is 5.68. The minimum atomic E-state index is 0.639. The van der Waals surface area contributed by atoms with Crippen molar-refractivity contribution in [3.05, 3.63) is 60.7 Å². The van der Waals surface area contributed by atoms with Crippen molar-refractivity contribution in [2.24, 2.45) is 0 Å². The SMILES string of the molecule is CCCNc1nc(Nc2ccc(N(C)C)cc2)cc(-c2ccccc2)n1. The second-order valence-corrected chi connectivity index (χ2v) is 6.32. The number of nitrogens with one attached hydrogen (secondary N) is 2. The molecular weight excluding hydrogens is 322 g/mol. The van der Waals surface area contributed by atoms with E-state index >= 15 is 0 Å². The topological polar surface area (TPSA) is 53.1 Å². The maximum Gasteiger partial charge on any atom is 0.225 e. The van der Waals surface area contributed by atoms with Crippen molar-refractivity contribution in [2.75, 3.05) is 36.2 Å². The molecule has 0 spiro atoms. The van der Waals surface area contributed by atoms with Crippen molar-refractivity contribution < 1.29 is 0 Å². The molecular formula is C21H25N5. The van der Waals surface area contributed by atoms with Crippen molar-refractivity contribution in [2.45, 2.75) is 13.3 Å². The molecule has 5 nitrogen and oxygen atoms in total. The van der Waals surface area contributed by atoms with Crippen LogP contribution in [0.3, 0.4) is 0 Å². The first-order valence-corrected chi connectivity index (χ1v) is 8.88. The largest absolute Gasteiger partial charge is 0.378 e. The van der Waals surface area contributed by atoms with E-state index in [-0.39, 0.29) is 0 Å². The molecule has 0 bridgehead atoms. The number of hydrogen-bond acceptors (Lipinski definition) is 5. The Kier molecular flexibility index (Phi) is 5.69. The van der Waals surface area contributed by atoms with E-state index in [4.69, 9.17) is 0 Å². The first kappa shape index (κ1) is 17.7. The summed E-state index contributed by atoms with van der Waals surface area (Å²) in [7, 11) is 4.06. The van der Waals surface area contributed by atoms with Crippen LogP contribution in [0.25, 0.3) is 11.3 Å². The molecule has 5 heteroatoms. The highest BCUT2D eigenvalue weighted by atomic mass is 15.1. The second kappa shape index (κ2) is 8.34. The van der Waals surface area contributed by atoms with Crippen LogP contribution in [0.5, 0.6) is 0 Å². The Bertz CT molecular complexity index is 829. The molecule has 0 amide bonds. The van der Waals surface area contributed by atoms with Gasteiger partial charge in [0.2, 0.25) is 5.95 Å². The summed E-state index contributed by atoms with van der Waals surface area (Å²) in [6.07, 6.45) is 1.02. The van der Waals surface area contributed by atoms with Crippen LogP contribution in [-0.2, 0) is 0 Å². The van der Waals surface area contributed by atoms with Crippen LogP contribution in [0.2, 0.25) is 0 Å². The second-order valence-electron chi connectivity index (χ2n) is 6.32. The van der Waals surface area contributed by atoms with Gasteiger partial charge in [-0.3, -0.25) is 0 Å². The predicted octanol–water partition coefficient (Wildman–Crippen LogP) is 4.78. The van der Waals surface area contributed by atoms with Gasteiger partial charge in [0.25, 0.3) is 0 Å². The zero-order valence-electron chi connectivity index (χ0n) is 15.5. The van der Waals surface area contributed by atoms with E-state index in [1.54, 1.807) is 0 Å². The lowest BCUT2D eigenvalue weighted by molar-refractivity contribution is 0.954. The molecule has 0 saturated heterocycles. The zero-order valence-corrected chi connectivity index (χ0v) is 15.5. The summed E-state index contributed by atoms with van der Waals surface area (Å²) >= 11 is 0. The fourth-order valence-corrected chi connectivity index (χ4v) is 2.57. The molecule has 134 valence electrons. The van der Waals surface area contributed by atoms with Crippen molar-refractivity contribution >= 4 is 23.1 Å². The highest BCUT2D eigenvalue weighted by Crippen LogP contribution is 2.24. The standard InChI is InChI=1S/C21H25N5/c1-4-14-22-21-24-19(16-8-6-5-7-9-16)15-20(25-21)23-17-10-12-18(13-11-17)26(2)3/h5-13,15H,4,14H2,1-3H3,(H2,22,23,24,25). The maximum absolute atomic E-state index is 4.65. The van der Waals surface area contributed by atoms with Gasteiger partial charge in [0.05, 0.1) is 5.69 Å². The van der Waals surface area contributed by atoms with Crippen LogP contribution in [-0.4, -0.2) is 30.6 Å². The van der Waals surface area contributed by atoms with Crippen LogP contribution in [0.4, 0.5) is 23.1 Å². The molecule has 0 saturated carbocycles. The number of rotatable bonds is 7. The third kappa shape index (κ3) is 4.51. The number of benzene rings is 2. The molecule has 1 heterocycles. The Balaban J connectivity index is 1.89. The Morgan fingerprint density at radius 3 is 2.31 bits per heavy atom. The summed E-state index contributed by atoms with van der Waals surface area (Å²) in [5.74, 6) is 1.41. The van der Waals surface area contributed by atoms with Gasteiger partial charge in [0.15, 0.2) is 0 Å².